The number of fused-ring (bicyclic) bond motifs is 6. The maximum absolute atomic E-state index is 13.4. The number of para-hydroxylation sites is 2. The van der Waals surface area contributed by atoms with Gasteiger partial charge in [0.15, 0.2) is 12.2 Å². The van der Waals surface area contributed by atoms with Gasteiger partial charge >= 0.3 is 11.9 Å². The van der Waals surface area contributed by atoms with Crippen molar-refractivity contribution in [3.05, 3.63) is 150 Å². The molecule has 10 nitrogen and oxygen atoms in total. The number of hydrogen-bond acceptors (Lipinski definition) is 12. The van der Waals surface area contributed by atoms with E-state index in [4.69, 9.17) is 18.9 Å². The highest BCUT2D eigenvalue weighted by Gasteiger charge is 2.53. The molecule has 0 amide bonds. The number of aliphatic hydroxyl groups is 2. The highest BCUT2D eigenvalue weighted by Crippen LogP contribution is 2.42. The molecule has 4 bridgehead atoms. The highest BCUT2D eigenvalue weighted by atomic mass is 79.9. The van der Waals surface area contributed by atoms with Gasteiger partial charge in [0, 0.05) is 50.4 Å². The third-order valence-electron chi connectivity index (χ3n) is 14.3. The zero-order valence-electron chi connectivity index (χ0n) is 38.0. The van der Waals surface area contributed by atoms with Gasteiger partial charge in [-0.2, -0.15) is 0 Å². The minimum Gasteiger partial charge on any atom is -1.00 e. The predicted molar refractivity (Wildman–Crippen MR) is 261 cm³/mol. The summed E-state index contributed by atoms with van der Waals surface area (Å²) in [6, 6.07) is 34.5. The Kier molecular flexibility index (Phi) is 18.2. The summed E-state index contributed by atoms with van der Waals surface area (Å²) in [5.74, 6) is 1.48. The van der Waals surface area contributed by atoms with Crippen LogP contribution in [0, 0.1) is 11.8 Å². The Morgan fingerprint density at radius 1 is 0.500 bits per heavy atom. The molecule has 2 aromatic carbocycles. The van der Waals surface area contributed by atoms with Gasteiger partial charge in [-0.3, -0.25) is 0 Å². The first-order valence-electron chi connectivity index (χ1n) is 23.3. The van der Waals surface area contributed by atoms with E-state index >= 15 is 0 Å². The molecule has 10 heterocycles. The number of nitrogens with zero attached hydrogens (tertiary/aromatic N) is 2. The van der Waals surface area contributed by atoms with E-state index in [2.05, 4.69) is 0 Å². The van der Waals surface area contributed by atoms with E-state index < -0.39 is 23.1 Å². The van der Waals surface area contributed by atoms with Gasteiger partial charge in [-0.1, -0.05) is 60.7 Å². The molecule has 6 fully saturated rings. The average molecular weight is 1130 g/mol. The number of hydrogen-bond donors (Lipinski definition) is 2. The number of halogens is 2. The van der Waals surface area contributed by atoms with E-state index in [1.807, 2.05) is 131 Å². The summed E-state index contributed by atoms with van der Waals surface area (Å²) in [7, 11) is 0. The van der Waals surface area contributed by atoms with Crippen LogP contribution in [0.1, 0.15) is 58.0 Å². The number of benzene rings is 2. The molecule has 6 saturated heterocycles. The molecular weight excluding hydrogens is 1070 g/mol. The smallest absolute Gasteiger partial charge is 0.349 e. The van der Waals surface area contributed by atoms with Crippen LogP contribution >= 0.6 is 45.3 Å². The number of quaternary nitrogens is 2. The van der Waals surface area contributed by atoms with Crippen LogP contribution < -0.4 is 43.4 Å². The van der Waals surface area contributed by atoms with Crippen molar-refractivity contribution in [1.82, 2.24) is 0 Å². The fourth-order valence-electron chi connectivity index (χ4n) is 10.6. The lowest BCUT2D eigenvalue weighted by Gasteiger charge is -2.52. The predicted octanol–water partition coefficient (Wildman–Crippen LogP) is 3.34. The quantitative estimate of drug-likeness (QED) is 0.0768. The van der Waals surface area contributed by atoms with Crippen molar-refractivity contribution in [2.75, 3.05) is 65.6 Å². The minimum atomic E-state index is -1.73. The van der Waals surface area contributed by atoms with Crippen LogP contribution in [0.2, 0.25) is 0 Å². The number of carbonyl (C=O) groups is 2. The Hall–Kier alpha value is -3.42. The SMILES string of the molecule is O=C(O[C@H]1C[N+]2(CCCOc3ccccc3)CCC1CC2)C(O)(c1cccs1)c1cccs1.O=C(O[C@H]1C[N+]2(CCCOc3ccccc3)CCC1CC2)C(O)(c1cccs1)c1cccs1.[Br-].[Br-]. The van der Waals surface area contributed by atoms with Gasteiger partial charge in [-0.25, -0.2) is 9.59 Å². The van der Waals surface area contributed by atoms with Crippen LogP contribution in [0.5, 0.6) is 11.5 Å². The van der Waals surface area contributed by atoms with Gasteiger partial charge in [0.1, 0.15) is 24.6 Å². The summed E-state index contributed by atoms with van der Waals surface area (Å²) in [5.41, 5.74) is -3.47. The van der Waals surface area contributed by atoms with Crippen LogP contribution in [0.15, 0.2) is 131 Å². The first kappa shape index (κ1) is 52.4. The average Bonchev–Trinajstić information content (AvgIpc) is 4.23. The zero-order chi connectivity index (χ0) is 45.5. The van der Waals surface area contributed by atoms with Crippen LogP contribution in [0.4, 0.5) is 0 Å². The largest absolute Gasteiger partial charge is 1.00 e. The highest BCUT2D eigenvalue weighted by molar-refractivity contribution is 7.12. The molecule has 6 aliphatic heterocycles. The Labute approximate surface area is 436 Å². The van der Waals surface area contributed by atoms with Crippen LogP contribution in [0.25, 0.3) is 0 Å². The second kappa shape index (κ2) is 23.7. The maximum Gasteiger partial charge on any atom is 0.349 e. The lowest BCUT2D eigenvalue weighted by molar-refractivity contribution is -0.946. The fourth-order valence-corrected chi connectivity index (χ4v) is 14.0. The van der Waals surface area contributed by atoms with Crippen molar-refractivity contribution in [2.45, 2.75) is 61.9 Å². The van der Waals surface area contributed by atoms with Gasteiger partial charge in [-0.05, 0) is 70.1 Å². The van der Waals surface area contributed by atoms with Crippen molar-refractivity contribution in [3.8, 4) is 11.5 Å². The third kappa shape index (κ3) is 11.7. The molecule has 68 heavy (non-hydrogen) atoms. The van der Waals surface area contributed by atoms with Gasteiger partial charge in [-0.15, -0.1) is 45.3 Å². The molecule has 0 saturated carbocycles. The number of carbonyl (C=O) groups excluding carboxylic acids is 2. The van der Waals surface area contributed by atoms with E-state index in [-0.39, 0.29) is 46.2 Å². The Morgan fingerprint density at radius 3 is 1.12 bits per heavy atom. The van der Waals surface area contributed by atoms with Gasteiger partial charge in [0.05, 0.1) is 72.0 Å². The molecular formula is C52H60Br2N2O8S4. The first-order valence-corrected chi connectivity index (χ1v) is 26.8. The molecule has 2 N–H and O–H groups in total. The molecule has 16 heteroatoms. The molecule has 4 aromatic heterocycles. The third-order valence-corrected chi connectivity index (χ3v) is 18.2. The van der Waals surface area contributed by atoms with Crippen molar-refractivity contribution < 1.29 is 81.7 Å². The molecule has 0 unspecified atom stereocenters. The Balaban J connectivity index is 0.000000196. The summed E-state index contributed by atoms with van der Waals surface area (Å²) in [4.78, 5) is 29.3. The summed E-state index contributed by atoms with van der Waals surface area (Å²) in [6.45, 7) is 9.59. The van der Waals surface area contributed by atoms with E-state index in [9.17, 15) is 19.8 Å². The van der Waals surface area contributed by atoms with Crippen molar-refractivity contribution in [2.24, 2.45) is 11.8 Å². The molecule has 6 aromatic rings. The van der Waals surface area contributed by atoms with E-state index in [1.165, 1.54) is 45.3 Å². The lowest BCUT2D eigenvalue weighted by Crippen LogP contribution is -3.00. The first-order chi connectivity index (χ1) is 32.2. The summed E-state index contributed by atoms with van der Waals surface area (Å²) in [6.07, 6.45) is 5.88. The summed E-state index contributed by atoms with van der Waals surface area (Å²) < 4.78 is 26.0. The maximum atomic E-state index is 13.4. The molecule has 0 spiro atoms. The van der Waals surface area contributed by atoms with Crippen LogP contribution in [-0.4, -0.2) is 109 Å². The normalized spacial score (nSPS) is 23.8. The lowest BCUT2D eigenvalue weighted by atomic mass is 9.83. The molecule has 0 radical (unpaired) electrons. The van der Waals surface area contributed by atoms with Crippen molar-refractivity contribution in [1.29, 1.82) is 0 Å². The second-order valence-corrected chi connectivity index (χ2v) is 22.1. The van der Waals surface area contributed by atoms with E-state index in [0.717, 1.165) is 111 Å². The van der Waals surface area contributed by atoms with Gasteiger partial charge < -0.3 is 72.1 Å². The topological polar surface area (TPSA) is 112 Å². The number of esters is 2. The van der Waals surface area contributed by atoms with Crippen LogP contribution in [0.3, 0.4) is 0 Å². The number of piperidine rings is 6. The number of ether oxygens (including phenoxy) is 4. The zero-order valence-corrected chi connectivity index (χ0v) is 44.4. The second-order valence-electron chi connectivity index (χ2n) is 18.3. The number of thiophene rings is 4. The minimum absolute atomic E-state index is 0. The molecule has 2 atom stereocenters. The molecule has 12 rings (SSSR count). The van der Waals surface area contributed by atoms with Crippen molar-refractivity contribution >= 4 is 57.3 Å². The monoisotopic (exact) mass is 1130 g/mol. The molecule has 6 aliphatic rings. The molecule has 364 valence electrons. The van der Waals surface area contributed by atoms with E-state index in [0.29, 0.717) is 44.6 Å². The summed E-state index contributed by atoms with van der Waals surface area (Å²) in [5, 5.41) is 30.7. The summed E-state index contributed by atoms with van der Waals surface area (Å²) >= 11 is 5.53. The van der Waals surface area contributed by atoms with Gasteiger partial charge in [0.2, 0.25) is 11.2 Å². The number of rotatable bonds is 18. The van der Waals surface area contributed by atoms with Crippen molar-refractivity contribution in [3.63, 3.8) is 0 Å². The standard InChI is InChI=1S/2C26H30NO4S2.2BrH/c2*28-25(26(29,23-9-4-17-32-23)24-10-5-18-33-24)31-22-19-27(14-11-20(22)12-15-27)13-6-16-30-21-7-2-1-3-8-21;;/h2*1-5,7-10,17-18,20,22,29H,6,11-16,19H2;2*1H/q2*+1;;/p-2/t2*20?,22-,27?;;/m00../s1. The Bertz CT molecular complexity index is 2170. The van der Waals surface area contributed by atoms with Crippen LogP contribution in [-0.2, 0) is 30.3 Å². The van der Waals surface area contributed by atoms with Gasteiger partial charge in [0.25, 0.3) is 0 Å². The Morgan fingerprint density at radius 2 is 0.824 bits per heavy atom. The molecule has 0 aliphatic carbocycles. The van der Waals surface area contributed by atoms with E-state index in [1.54, 1.807) is 0 Å². The fraction of sp³-hybridized carbons (Fsp3) is 0.423.